The summed E-state index contributed by atoms with van der Waals surface area (Å²) in [4.78, 5) is 16.7. The number of benzene rings is 1. The normalized spacial score (nSPS) is 12.0. The fourth-order valence-electron chi connectivity index (χ4n) is 2.76. The van der Waals surface area contributed by atoms with Crippen LogP contribution in [0.4, 0.5) is 4.39 Å². The monoisotopic (exact) mass is 285 g/mol. The van der Waals surface area contributed by atoms with Crippen LogP contribution in [0.5, 0.6) is 0 Å². The van der Waals surface area contributed by atoms with Gasteiger partial charge in [0.2, 0.25) is 0 Å². The van der Waals surface area contributed by atoms with Crippen LogP contribution in [0.15, 0.2) is 24.3 Å². The lowest BCUT2D eigenvalue weighted by Crippen LogP contribution is -2.10. The largest absolute Gasteiger partial charge is 0.462 e. The van der Waals surface area contributed by atoms with Gasteiger partial charge in [0.05, 0.1) is 23.6 Å². The third kappa shape index (κ3) is 2.31. The second kappa shape index (κ2) is 5.28. The van der Waals surface area contributed by atoms with Crippen molar-refractivity contribution in [2.75, 3.05) is 6.61 Å². The molecule has 108 valence electrons. The molecule has 0 fully saturated rings. The quantitative estimate of drug-likeness (QED) is 0.691. The number of carbonyl (C=O) groups excluding carboxylic acids is 1. The van der Waals surface area contributed by atoms with E-state index >= 15 is 0 Å². The lowest BCUT2D eigenvalue weighted by atomic mass is 10.1. The number of aryl methyl sites for hydroxylation is 1. The van der Waals surface area contributed by atoms with E-state index in [0.717, 1.165) is 28.1 Å². The summed E-state index contributed by atoms with van der Waals surface area (Å²) in [6.07, 6.45) is 1.25. The first-order chi connectivity index (χ1) is 10.1. The lowest BCUT2D eigenvalue weighted by Gasteiger charge is -2.09. The van der Waals surface area contributed by atoms with Gasteiger partial charge in [0.1, 0.15) is 5.82 Å². The van der Waals surface area contributed by atoms with E-state index in [4.69, 9.17) is 4.74 Å². The van der Waals surface area contributed by atoms with Crippen LogP contribution in [-0.2, 0) is 17.6 Å². The van der Waals surface area contributed by atoms with E-state index in [1.807, 2.05) is 13.0 Å². The van der Waals surface area contributed by atoms with Gasteiger partial charge in [-0.25, -0.2) is 9.18 Å². The molecule has 0 bridgehead atoms. The van der Waals surface area contributed by atoms with Crippen molar-refractivity contribution in [3.8, 4) is 11.3 Å². The van der Waals surface area contributed by atoms with Gasteiger partial charge < -0.3 is 4.74 Å². The fraction of sp³-hybridized carbons (Fsp3) is 0.294. The molecule has 0 saturated heterocycles. The summed E-state index contributed by atoms with van der Waals surface area (Å²) in [5.41, 5.74) is 4.93. The minimum absolute atomic E-state index is 0.247. The van der Waals surface area contributed by atoms with Crippen LogP contribution in [0.3, 0.4) is 0 Å². The van der Waals surface area contributed by atoms with Gasteiger partial charge in [-0.05, 0) is 48.7 Å². The standard InChI is InChI=1S/C17H16FNO2/c1-3-15-14(17(20)21-4-2)9-11-7-10-8-12(18)5-6-13(10)16(11)19-15/h5-6,8-9H,3-4,7H2,1-2H3. The van der Waals surface area contributed by atoms with Gasteiger partial charge in [-0.3, -0.25) is 4.98 Å². The summed E-state index contributed by atoms with van der Waals surface area (Å²) < 4.78 is 18.4. The first-order valence-electron chi connectivity index (χ1n) is 7.12. The van der Waals surface area contributed by atoms with Crippen LogP contribution in [0, 0.1) is 5.82 Å². The molecule has 0 aliphatic heterocycles. The molecule has 1 heterocycles. The molecule has 2 aromatic rings. The number of hydrogen-bond acceptors (Lipinski definition) is 3. The predicted molar refractivity (Wildman–Crippen MR) is 77.8 cm³/mol. The SMILES string of the molecule is CCOC(=O)c1cc2c(nc1CC)-c1ccc(F)cc1C2. The second-order valence-electron chi connectivity index (χ2n) is 5.04. The molecule has 4 heteroatoms. The molecule has 1 aromatic heterocycles. The molecule has 0 radical (unpaired) electrons. The van der Waals surface area contributed by atoms with Crippen LogP contribution in [0.1, 0.15) is 41.0 Å². The van der Waals surface area contributed by atoms with E-state index < -0.39 is 0 Å². The van der Waals surface area contributed by atoms with Crippen molar-refractivity contribution in [2.45, 2.75) is 26.7 Å². The highest BCUT2D eigenvalue weighted by molar-refractivity contribution is 5.92. The Morgan fingerprint density at radius 2 is 2.10 bits per heavy atom. The first kappa shape index (κ1) is 13.7. The Bertz CT molecular complexity index is 725. The van der Waals surface area contributed by atoms with Gasteiger partial charge in [0.25, 0.3) is 0 Å². The Kier molecular flexibility index (Phi) is 3.45. The van der Waals surface area contributed by atoms with Gasteiger partial charge in [0, 0.05) is 12.0 Å². The highest BCUT2D eigenvalue weighted by Gasteiger charge is 2.24. The van der Waals surface area contributed by atoms with Crippen molar-refractivity contribution in [1.82, 2.24) is 4.98 Å². The van der Waals surface area contributed by atoms with E-state index in [9.17, 15) is 9.18 Å². The summed E-state index contributed by atoms with van der Waals surface area (Å²) >= 11 is 0. The van der Waals surface area contributed by atoms with Crippen LogP contribution in [-0.4, -0.2) is 17.6 Å². The Hall–Kier alpha value is -2.23. The third-order valence-electron chi connectivity index (χ3n) is 3.71. The lowest BCUT2D eigenvalue weighted by molar-refractivity contribution is 0.0524. The molecule has 0 unspecified atom stereocenters. The summed E-state index contributed by atoms with van der Waals surface area (Å²) in [5, 5.41) is 0. The maximum absolute atomic E-state index is 13.3. The van der Waals surface area contributed by atoms with Gasteiger partial charge in [-0.2, -0.15) is 0 Å². The van der Waals surface area contributed by atoms with Crippen molar-refractivity contribution in [1.29, 1.82) is 0 Å². The average molecular weight is 285 g/mol. The van der Waals surface area contributed by atoms with Gasteiger partial charge in [-0.1, -0.05) is 6.92 Å². The molecule has 0 saturated carbocycles. The molecular formula is C17H16FNO2. The molecular weight excluding hydrogens is 269 g/mol. The molecule has 0 spiro atoms. The third-order valence-corrected chi connectivity index (χ3v) is 3.71. The molecule has 21 heavy (non-hydrogen) atoms. The van der Waals surface area contributed by atoms with Crippen molar-refractivity contribution in [3.63, 3.8) is 0 Å². The van der Waals surface area contributed by atoms with Crippen molar-refractivity contribution in [2.24, 2.45) is 0 Å². The highest BCUT2D eigenvalue weighted by Crippen LogP contribution is 2.36. The Balaban J connectivity index is 2.11. The number of fused-ring (bicyclic) bond motifs is 3. The molecule has 1 aromatic carbocycles. The van der Waals surface area contributed by atoms with Crippen molar-refractivity contribution in [3.05, 3.63) is 52.5 Å². The number of hydrogen-bond donors (Lipinski definition) is 0. The zero-order valence-corrected chi connectivity index (χ0v) is 12.1. The topological polar surface area (TPSA) is 39.2 Å². The summed E-state index contributed by atoms with van der Waals surface area (Å²) in [7, 11) is 0. The summed E-state index contributed by atoms with van der Waals surface area (Å²) in [6.45, 7) is 4.07. The molecule has 0 N–H and O–H groups in total. The molecule has 3 rings (SSSR count). The molecule has 1 aliphatic rings. The van der Waals surface area contributed by atoms with Crippen LogP contribution >= 0.6 is 0 Å². The fourth-order valence-corrected chi connectivity index (χ4v) is 2.76. The van der Waals surface area contributed by atoms with Crippen molar-refractivity contribution < 1.29 is 13.9 Å². The maximum Gasteiger partial charge on any atom is 0.339 e. The number of rotatable bonds is 3. The maximum atomic E-state index is 13.3. The predicted octanol–water partition coefficient (Wildman–Crippen LogP) is 3.53. The number of halogens is 1. The number of carbonyl (C=O) groups is 1. The highest BCUT2D eigenvalue weighted by atomic mass is 19.1. The number of pyridine rings is 1. The van der Waals surface area contributed by atoms with Crippen LogP contribution in [0.25, 0.3) is 11.3 Å². The number of ether oxygens (including phenoxy) is 1. The smallest absolute Gasteiger partial charge is 0.339 e. The average Bonchev–Trinajstić information content (AvgIpc) is 2.82. The van der Waals surface area contributed by atoms with E-state index in [0.29, 0.717) is 25.0 Å². The second-order valence-corrected chi connectivity index (χ2v) is 5.04. The first-order valence-corrected chi connectivity index (χ1v) is 7.12. The van der Waals surface area contributed by atoms with Crippen molar-refractivity contribution >= 4 is 5.97 Å². The zero-order valence-electron chi connectivity index (χ0n) is 12.1. The Morgan fingerprint density at radius 1 is 1.29 bits per heavy atom. The van der Waals surface area contributed by atoms with Gasteiger partial charge in [0.15, 0.2) is 0 Å². The molecule has 1 aliphatic carbocycles. The van der Waals surface area contributed by atoms with Gasteiger partial charge in [-0.15, -0.1) is 0 Å². The van der Waals surface area contributed by atoms with Crippen LogP contribution in [0.2, 0.25) is 0 Å². The summed E-state index contributed by atoms with van der Waals surface area (Å²) in [6, 6.07) is 6.58. The van der Waals surface area contributed by atoms with E-state index in [2.05, 4.69) is 4.98 Å². The Morgan fingerprint density at radius 3 is 2.81 bits per heavy atom. The van der Waals surface area contributed by atoms with E-state index in [1.165, 1.54) is 12.1 Å². The minimum Gasteiger partial charge on any atom is -0.462 e. The number of esters is 1. The van der Waals surface area contributed by atoms with Gasteiger partial charge >= 0.3 is 5.97 Å². The summed E-state index contributed by atoms with van der Waals surface area (Å²) in [5.74, 6) is -0.588. The van der Waals surface area contributed by atoms with E-state index in [-0.39, 0.29) is 11.8 Å². The van der Waals surface area contributed by atoms with Crippen LogP contribution < -0.4 is 0 Å². The minimum atomic E-state index is -0.341. The Labute approximate surface area is 122 Å². The molecule has 0 atom stereocenters. The van der Waals surface area contributed by atoms with E-state index in [1.54, 1.807) is 13.0 Å². The number of nitrogens with zero attached hydrogens (tertiary/aromatic N) is 1. The zero-order chi connectivity index (χ0) is 15.0. The molecule has 0 amide bonds. The number of aromatic nitrogens is 1. The molecule has 3 nitrogen and oxygen atoms in total.